The number of hydrogen-bond acceptors (Lipinski definition) is 6. The summed E-state index contributed by atoms with van der Waals surface area (Å²) in [5.41, 5.74) is -0.541. The predicted molar refractivity (Wildman–Crippen MR) is 165 cm³/mol. The SMILES string of the molecule is C=CCCCCOC(=O)[C@H]1[C@H]2C(=O)N([C@@H](CC)CO)C(C(=O)N(CC=C)C(C)(C)CC(C)(C)C)C23CC(Br)[C@@H]1S3. The molecule has 3 aliphatic rings. The summed E-state index contributed by atoms with van der Waals surface area (Å²) < 4.78 is 4.95. The van der Waals surface area contributed by atoms with Gasteiger partial charge in [0.25, 0.3) is 0 Å². The molecule has 3 aliphatic heterocycles. The van der Waals surface area contributed by atoms with Crippen molar-refractivity contribution in [3.05, 3.63) is 25.3 Å². The van der Waals surface area contributed by atoms with Crippen LogP contribution in [0.3, 0.4) is 0 Å². The molecule has 3 unspecified atom stereocenters. The molecule has 0 aromatic heterocycles. The van der Waals surface area contributed by atoms with Gasteiger partial charge in [-0.25, -0.2) is 0 Å². The molecule has 7 atom stereocenters. The molecule has 7 nitrogen and oxygen atoms in total. The van der Waals surface area contributed by atoms with Crippen LogP contribution >= 0.6 is 27.7 Å². The molecule has 3 heterocycles. The second-order valence-electron chi connectivity index (χ2n) is 13.4. The van der Waals surface area contributed by atoms with Crippen molar-refractivity contribution < 1.29 is 24.2 Å². The molecule has 3 saturated heterocycles. The molecule has 0 aliphatic carbocycles. The smallest absolute Gasteiger partial charge is 0.310 e. The number of alkyl halides is 1. The first kappa shape index (κ1) is 33.2. The van der Waals surface area contributed by atoms with Gasteiger partial charge in [-0.2, -0.15) is 0 Å². The number of aliphatic hydroxyl groups excluding tert-OH is 1. The number of hydrogen-bond donors (Lipinski definition) is 1. The van der Waals surface area contributed by atoms with Crippen molar-refractivity contribution >= 4 is 45.5 Å². The van der Waals surface area contributed by atoms with E-state index >= 15 is 0 Å². The highest BCUT2D eigenvalue weighted by Crippen LogP contribution is 2.68. The molecule has 2 bridgehead atoms. The summed E-state index contributed by atoms with van der Waals surface area (Å²) in [4.78, 5) is 46.1. The van der Waals surface area contributed by atoms with Gasteiger partial charge in [0.2, 0.25) is 11.8 Å². The zero-order chi connectivity index (χ0) is 30.0. The Labute approximate surface area is 253 Å². The molecule has 3 fully saturated rings. The average Bonchev–Trinajstić information content (AvgIpc) is 3.45. The summed E-state index contributed by atoms with van der Waals surface area (Å²) in [6.07, 6.45) is 7.92. The van der Waals surface area contributed by atoms with Crippen molar-refractivity contribution in [2.45, 2.75) is 113 Å². The van der Waals surface area contributed by atoms with E-state index < -0.39 is 34.2 Å². The fraction of sp³-hybridized carbons (Fsp3) is 0.774. The standard InChI is InChI=1S/C31H49BrN2O5S/c1-9-12-13-14-16-39-28(38)22-23-26(36)34(20(11-3)18-35)25(31(23)17-21(32)24(22)40-31)27(37)33(15-10-2)30(7,8)19-29(4,5)6/h9-10,20-25,35H,1-2,11-19H2,3-8H3/t20-,21?,22-,23-,24-,25?,31?/m0/s1. The van der Waals surface area contributed by atoms with Crippen LogP contribution in [0.4, 0.5) is 0 Å². The van der Waals surface area contributed by atoms with E-state index in [4.69, 9.17) is 4.74 Å². The van der Waals surface area contributed by atoms with Gasteiger partial charge in [0.15, 0.2) is 0 Å². The Bertz CT molecular complexity index is 977. The maximum absolute atomic E-state index is 14.8. The minimum absolute atomic E-state index is 0.0280. The van der Waals surface area contributed by atoms with Crippen molar-refractivity contribution in [1.29, 1.82) is 0 Å². The molecule has 1 spiro atoms. The summed E-state index contributed by atoms with van der Waals surface area (Å²) in [5, 5.41) is 10.2. The normalized spacial score (nSPS) is 30.2. The lowest BCUT2D eigenvalue weighted by Crippen LogP contribution is -2.61. The van der Waals surface area contributed by atoms with Gasteiger partial charge < -0.3 is 19.6 Å². The van der Waals surface area contributed by atoms with Crippen molar-refractivity contribution in [2.24, 2.45) is 17.3 Å². The molecule has 0 saturated carbocycles. The first-order valence-electron chi connectivity index (χ1n) is 14.7. The molecule has 0 aromatic rings. The number of carbonyl (C=O) groups is 3. The first-order chi connectivity index (χ1) is 18.7. The van der Waals surface area contributed by atoms with Crippen LogP contribution in [-0.4, -0.2) is 84.9 Å². The third-order valence-corrected chi connectivity index (χ3v) is 11.8. The number of fused-ring (bicyclic) bond motifs is 1. The largest absolute Gasteiger partial charge is 0.465 e. The van der Waals surface area contributed by atoms with Crippen LogP contribution in [-0.2, 0) is 19.1 Å². The molecule has 1 N–H and O–H groups in total. The van der Waals surface area contributed by atoms with Crippen molar-refractivity contribution in [3.8, 4) is 0 Å². The lowest BCUT2D eigenvalue weighted by atomic mass is 9.70. The molecule has 0 radical (unpaired) electrons. The highest BCUT2D eigenvalue weighted by Gasteiger charge is 2.76. The highest BCUT2D eigenvalue weighted by molar-refractivity contribution is 9.09. The van der Waals surface area contributed by atoms with Crippen LogP contribution in [0.1, 0.15) is 80.1 Å². The number of carbonyl (C=O) groups excluding carboxylic acids is 3. The van der Waals surface area contributed by atoms with Gasteiger partial charge in [0, 0.05) is 22.2 Å². The van der Waals surface area contributed by atoms with Crippen molar-refractivity contribution in [3.63, 3.8) is 0 Å². The van der Waals surface area contributed by atoms with Crippen LogP contribution in [0.15, 0.2) is 25.3 Å². The van der Waals surface area contributed by atoms with Gasteiger partial charge in [0.1, 0.15) is 6.04 Å². The number of unbranched alkanes of at least 4 members (excludes halogenated alkanes) is 2. The molecule has 2 amide bonds. The summed E-state index contributed by atoms with van der Waals surface area (Å²) in [5.74, 6) is -2.01. The van der Waals surface area contributed by atoms with E-state index in [1.54, 1.807) is 22.7 Å². The Balaban J connectivity index is 2.04. The Morgan fingerprint density at radius 2 is 1.93 bits per heavy atom. The molecular formula is C31H49BrN2O5S. The van der Waals surface area contributed by atoms with Gasteiger partial charge in [-0.3, -0.25) is 14.4 Å². The van der Waals surface area contributed by atoms with E-state index in [2.05, 4.69) is 63.7 Å². The van der Waals surface area contributed by atoms with E-state index in [0.717, 1.165) is 25.7 Å². The van der Waals surface area contributed by atoms with Crippen LogP contribution < -0.4 is 0 Å². The minimum Gasteiger partial charge on any atom is -0.465 e. The van der Waals surface area contributed by atoms with Gasteiger partial charge in [-0.15, -0.1) is 24.9 Å². The lowest BCUT2D eigenvalue weighted by Gasteiger charge is -2.46. The summed E-state index contributed by atoms with van der Waals surface area (Å²) in [6.45, 7) is 20.6. The number of rotatable bonds is 14. The van der Waals surface area contributed by atoms with E-state index in [1.807, 2.05) is 17.9 Å². The average molecular weight is 642 g/mol. The second kappa shape index (κ2) is 12.9. The lowest BCUT2D eigenvalue weighted by molar-refractivity contribution is -0.154. The van der Waals surface area contributed by atoms with Gasteiger partial charge in [0.05, 0.1) is 35.8 Å². The number of halogens is 1. The van der Waals surface area contributed by atoms with Crippen LogP contribution in [0.2, 0.25) is 0 Å². The van der Waals surface area contributed by atoms with Gasteiger partial charge >= 0.3 is 5.97 Å². The number of likely N-dealkylation sites (tertiary alicyclic amines) is 1. The number of esters is 1. The summed E-state index contributed by atoms with van der Waals surface area (Å²) >= 11 is 5.42. The van der Waals surface area contributed by atoms with Crippen LogP contribution in [0.25, 0.3) is 0 Å². The van der Waals surface area contributed by atoms with Gasteiger partial charge in [-0.1, -0.05) is 55.8 Å². The molecule has 3 rings (SSSR count). The van der Waals surface area contributed by atoms with Gasteiger partial charge in [-0.05, 0) is 57.8 Å². The monoisotopic (exact) mass is 640 g/mol. The Kier molecular flexibility index (Phi) is 10.7. The predicted octanol–water partition coefficient (Wildman–Crippen LogP) is 5.35. The Hall–Kier alpha value is -1.32. The van der Waals surface area contributed by atoms with Crippen LogP contribution in [0.5, 0.6) is 0 Å². The summed E-state index contributed by atoms with van der Waals surface area (Å²) in [7, 11) is 0. The quantitative estimate of drug-likeness (QED) is 0.119. The molecule has 0 aromatic carbocycles. The van der Waals surface area contributed by atoms with E-state index in [9.17, 15) is 19.5 Å². The number of aliphatic hydroxyl groups is 1. The zero-order valence-electron chi connectivity index (χ0n) is 25.2. The Morgan fingerprint density at radius 3 is 2.48 bits per heavy atom. The number of nitrogens with zero attached hydrogens (tertiary/aromatic N) is 2. The van der Waals surface area contributed by atoms with Crippen molar-refractivity contribution in [1.82, 2.24) is 9.80 Å². The molecule has 226 valence electrons. The number of amides is 2. The zero-order valence-corrected chi connectivity index (χ0v) is 27.6. The Morgan fingerprint density at radius 1 is 1.25 bits per heavy atom. The second-order valence-corrected chi connectivity index (χ2v) is 16.1. The van der Waals surface area contributed by atoms with E-state index in [1.165, 1.54) is 0 Å². The maximum atomic E-state index is 14.8. The highest BCUT2D eigenvalue weighted by atomic mass is 79.9. The first-order valence-corrected chi connectivity index (χ1v) is 16.4. The minimum atomic E-state index is -0.790. The molecule has 9 heteroatoms. The number of thioether (sulfide) groups is 1. The fourth-order valence-electron chi connectivity index (χ4n) is 7.39. The number of allylic oxidation sites excluding steroid dienone is 1. The third kappa shape index (κ3) is 6.22. The maximum Gasteiger partial charge on any atom is 0.310 e. The van der Waals surface area contributed by atoms with Crippen molar-refractivity contribution in [2.75, 3.05) is 19.8 Å². The third-order valence-electron chi connectivity index (χ3n) is 8.63. The van der Waals surface area contributed by atoms with E-state index in [-0.39, 0.29) is 39.9 Å². The molecular weight excluding hydrogens is 592 g/mol. The topological polar surface area (TPSA) is 87.1 Å². The molecule has 40 heavy (non-hydrogen) atoms. The summed E-state index contributed by atoms with van der Waals surface area (Å²) in [6, 6.07) is -1.30. The fourth-order valence-corrected chi connectivity index (χ4v) is 11.0. The number of ether oxygens (including phenoxy) is 1. The van der Waals surface area contributed by atoms with Crippen LogP contribution in [0, 0.1) is 17.3 Å². The van der Waals surface area contributed by atoms with E-state index in [0.29, 0.717) is 26.0 Å².